The number of nitrogens with zero attached hydrogens (tertiary/aromatic N) is 1. The molecule has 0 heterocycles. The molecule has 0 spiro atoms. The Kier molecular flexibility index (Phi) is 12.3. The van der Waals surface area contributed by atoms with Crippen LogP contribution in [0.5, 0.6) is 0 Å². The van der Waals surface area contributed by atoms with E-state index in [0.717, 1.165) is 49.1 Å². The highest BCUT2D eigenvalue weighted by Gasteiger charge is 2.32. The minimum absolute atomic E-state index is 0.100. The molecular formula is C27H40F3NO. The van der Waals surface area contributed by atoms with Gasteiger partial charge >= 0.3 is 6.18 Å². The minimum atomic E-state index is -4.26. The van der Waals surface area contributed by atoms with Crippen molar-refractivity contribution in [3.05, 3.63) is 71.2 Å². The SMILES string of the molecule is C=CCCC(CC(OCC1=C/C/C=C(/C(F)(F)F)C/C=C\1)=C(C)C)CN(C)/C(C)=C\CC. The largest absolute Gasteiger partial charge is 0.493 e. The maximum atomic E-state index is 12.9. The number of alkyl halides is 3. The molecule has 0 bridgehead atoms. The predicted octanol–water partition coefficient (Wildman–Crippen LogP) is 8.28. The van der Waals surface area contributed by atoms with Crippen molar-refractivity contribution in [3.63, 3.8) is 0 Å². The molecule has 180 valence electrons. The van der Waals surface area contributed by atoms with Crippen LogP contribution in [0.15, 0.2) is 71.2 Å². The highest BCUT2D eigenvalue weighted by atomic mass is 19.4. The Balaban J connectivity index is 2.83. The molecule has 0 amide bonds. The number of halogens is 3. The van der Waals surface area contributed by atoms with Crippen LogP contribution in [0.4, 0.5) is 13.2 Å². The van der Waals surface area contributed by atoms with Crippen LogP contribution in [0.2, 0.25) is 0 Å². The number of hydrogen-bond donors (Lipinski definition) is 0. The maximum Gasteiger partial charge on any atom is 0.412 e. The Morgan fingerprint density at radius 3 is 2.56 bits per heavy atom. The highest BCUT2D eigenvalue weighted by Crippen LogP contribution is 2.30. The summed E-state index contributed by atoms with van der Waals surface area (Å²) in [6.07, 6.45) is 10.3. The van der Waals surface area contributed by atoms with E-state index < -0.39 is 11.7 Å². The summed E-state index contributed by atoms with van der Waals surface area (Å²) >= 11 is 0. The average molecular weight is 452 g/mol. The smallest absolute Gasteiger partial charge is 0.412 e. The van der Waals surface area contributed by atoms with E-state index in [4.69, 9.17) is 4.74 Å². The summed E-state index contributed by atoms with van der Waals surface area (Å²) in [5.74, 6) is 1.38. The van der Waals surface area contributed by atoms with Gasteiger partial charge in [-0.3, -0.25) is 0 Å². The monoisotopic (exact) mass is 451 g/mol. The van der Waals surface area contributed by atoms with Crippen LogP contribution in [-0.4, -0.2) is 31.3 Å². The first-order valence-electron chi connectivity index (χ1n) is 11.5. The summed E-state index contributed by atoms with van der Waals surface area (Å²) in [5.41, 5.74) is 2.82. The van der Waals surface area contributed by atoms with Gasteiger partial charge in [-0.2, -0.15) is 13.2 Å². The molecular weight excluding hydrogens is 411 g/mol. The fourth-order valence-electron chi connectivity index (χ4n) is 3.61. The van der Waals surface area contributed by atoms with Gasteiger partial charge in [-0.05, 0) is 69.9 Å². The lowest BCUT2D eigenvalue weighted by atomic mass is 9.96. The molecule has 1 aliphatic carbocycles. The van der Waals surface area contributed by atoms with Gasteiger partial charge in [0.05, 0.1) is 5.76 Å². The number of ether oxygens (including phenoxy) is 1. The van der Waals surface area contributed by atoms with Crippen LogP contribution in [0.3, 0.4) is 0 Å². The first-order valence-corrected chi connectivity index (χ1v) is 11.5. The Labute approximate surface area is 192 Å². The van der Waals surface area contributed by atoms with Gasteiger partial charge in [0.2, 0.25) is 0 Å². The summed E-state index contributed by atoms with van der Waals surface area (Å²) in [4.78, 5) is 2.30. The van der Waals surface area contributed by atoms with E-state index in [1.807, 2.05) is 26.0 Å². The number of allylic oxidation sites excluding steroid dienone is 9. The maximum absolute atomic E-state index is 12.9. The molecule has 0 fully saturated rings. The standard InChI is InChI=1S/C27H40F3NO/c1-7-9-13-24(19-31(6)22(5)12-8-2)18-26(21(3)4)32-20-23-14-10-16-25(17-11-15-23)27(28,29)30/h7,10,12,14-15,17,24H,1,8-9,11,13,16,18-20H2,2-6H3/b14-10-,22-12-,23-15+,25-17+. The van der Waals surface area contributed by atoms with Gasteiger partial charge in [0.15, 0.2) is 0 Å². The Bertz CT molecular complexity index is 749. The quantitative estimate of drug-likeness (QED) is 0.219. The molecule has 1 atom stereocenters. The molecule has 0 aromatic heterocycles. The fourth-order valence-corrected chi connectivity index (χ4v) is 3.61. The number of rotatable bonds is 12. The van der Waals surface area contributed by atoms with Gasteiger partial charge in [0, 0.05) is 31.3 Å². The summed E-state index contributed by atoms with van der Waals surface area (Å²) in [6.45, 7) is 13.5. The Morgan fingerprint density at radius 1 is 1.25 bits per heavy atom. The van der Waals surface area contributed by atoms with Crippen molar-refractivity contribution in [1.82, 2.24) is 4.90 Å². The van der Waals surface area contributed by atoms with Gasteiger partial charge in [-0.15, -0.1) is 6.58 Å². The van der Waals surface area contributed by atoms with E-state index >= 15 is 0 Å². The summed E-state index contributed by atoms with van der Waals surface area (Å²) in [7, 11) is 2.12. The van der Waals surface area contributed by atoms with Crippen LogP contribution in [0.1, 0.15) is 66.2 Å². The molecule has 1 aliphatic rings. The van der Waals surface area contributed by atoms with E-state index in [9.17, 15) is 13.2 Å². The lowest BCUT2D eigenvalue weighted by Crippen LogP contribution is -2.25. The molecule has 0 aromatic carbocycles. The van der Waals surface area contributed by atoms with E-state index in [1.54, 1.807) is 12.2 Å². The third-order valence-electron chi connectivity index (χ3n) is 5.64. The van der Waals surface area contributed by atoms with Crippen LogP contribution in [0.25, 0.3) is 0 Å². The second-order valence-corrected chi connectivity index (χ2v) is 8.63. The number of hydrogen-bond acceptors (Lipinski definition) is 2. The topological polar surface area (TPSA) is 12.5 Å². The van der Waals surface area contributed by atoms with Gasteiger partial charge in [0.25, 0.3) is 0 Å². The van der Waals surface area contributed by atoms with Crippen molar-refractivity contribution >= 4 is 0 Å². The molecule has 2 nitrogen and oxygen atoms in total. The summed E-state index contributed by atoms with van der Waals surface area (Å²) in [6, 6.07) is 0. The Morgan fingerprint density at radius 2 is 1.97 bits per heavy atom. The molecule has 5 heteroatoms. The second-order valence-electron chi connectivity index (χ2n) is 8.63. The third-order valence-corrected chi connectivity index (χ3v) is 5.64. The van der Waals surface area contributed by atoms with Gasteiger partial charge in [0.1, 0.15) is 6.61 Å². The lowest BCUT2D eigenvalue weighted by molar-refractivity contribution is -0.0931. The van der Waals surface area contributed by atoms with Crippen molar-refractivity contribution < 1.29 is 17.9 Å². The van der Waals surface area contributed by atoms with Crippen molar-refractivity contribution in [2.24, 2.45) is 5.92 Å². The van der Waals surface area contributed by atoms with Crippen molar-refractivity contribution in [2.45, 2.75) is 72.4 Å². The normalized spacial score (nSPS) is 20.1. The van der Waals surface area contributed by atoms with Crippen LogP contribution < -0.4 is 0 Å². The minimum Gasteiger partial charge on any atom is -0.493 e. The first-order chi connectivity index (χ1) is 15.1. The zero-order valence-electron chi connectivity index (χ0n) is 20.4. The molecule has 32 heavy (non-hydrogen) atoms. The molecule has 1 rings (SSSR count). The predicted molar refractivity (Wildman–Crippen MR) is 129 cm³/mol. The van der Waals surface area contributed by atoms with Crippen LogP contribution >= 0.6 is 0 Å². The second kappa shape index (κ2) is 14.1. The molecule has 0 saturated heterocycles. The lowest BCUT2D eigenvalue weighted by Gasteiger charge is -2.27. The summed E-state index contributed by atoms with van der Waals surface area (Å²) in [5, 5.41) is 0. The molecule has 0 aromatic rings. The molecule has 0 saturated carbocycles. The zero-order valence-corrected chi connectivity index (χ0v) is 20.4. The van der Waals surface area contributed by atoms with Crippen LogP contribution in [0, 0.1) is 5.92 Å². The van der Waals surface area contributed by atoms with Crippen molar-refractivity contribution in [3.8, 4) is 0 Å². The molecule has 0 radical (unpaired) electrons. The molecule has 1 unspecified atom stereocenters. The van der Waals surface area contributed by atoms with E-state index in [0.29, 0.717) is 12.5 Å². The molecule has 0 N–H and O–H groups in total. The van der Waals surface area contributed by atoms with Crippen LogP contribution in [-0.2, 0) is 4.74 Å². The van der Waals surface area contributed by atoms with Crippen molar-refractivity contribution in [2.75, 3.05) is 20.2 Å². The van der Waals surface area contributed by atoms with E-state index in [2.05, 4.69) is 38.5 Å². The molecule has 0 aliphatic heterocycles. The zero-order chi connectivity index (χ0) is 24.1. The Hall–Kier alpha value is -2.17. The third kappa shape index (κ3) is 10.4. The van der Waals surface area contributed by atoms with E-state index in [1.165, 1.54) is 11.8 Å². The van der Waals surface area contributed by atoms with Gasteiger partial charge in [-0.25, -0.2) is 0 Å². The van der Waals surface area contributed by atoms with Crippen molar-refractivity contribution in [1.29, 1.82) is 0 Å². The highest BCUT2D eigenvalue weighted by molar-refractivity contribution is 5.27. The average Bonchev–Trinajstić information content (AvgIpc) is 2.68. The van der Waals surface area contributed by atoms with E-state index in [-0.39, 0.29) is 12.8 Å². The first kappa shape index (κ1) is 27.9. The summed E-state index contributed by atoms with van der Waals surface area (Å²) < 4.78 is 45.0. The fraction of sp³-hybridized carbons (Fsp3) is 0.556. The van der Waals surface area contributed by atoms with Gasteiger partial charge < -0.3 is 9.64 Å². The van der Waals surface area contributed by atoms with Gasteiger partial charge in [-0.1, -0.05) is 43.4 Å².